The third kappa shape index (κ3) is 4.98. The van der Waals surface area contributed by atoms with Gasteiger partial charge in [-0.25, -0.2) is 0 Å². The lowest BCUT2D eigenvalue weighted by molar-refractivity contribution is -0.137. The molecule has 0 amide bonds. The van der Waals surface area contributed by atoms with Crippen LogP contribution >= 0.6 is 15.9 Å². The first-order valence-corrected chi connectivity index (χ1v) is 6.40. The zero-order valence-corrected chi connectivity index (χ0v) is 11.1. The van der Waals surface area contributed by atoms with E-state index in [0.29, 0.717) is 10.5 Å². The van der Waals surface area contributed by atoms with Crippen molar-refractivity contribution < 1.29 is 13.2 Å². The van der Waals surface area contributed by atoms with Crippen LogP contribution in [0.25, 0.3) is 0 Å². The summed E-state index contributed by atoms with van der Waals surface area (Å²) in [6.45, 7) is 2.83. The summed E-state index contributed by atoms with van der Waals surface area (Å²) in [4.78, 5) is 0.449. The van der Waals surface area contributed by atoms with Crippen molar-refractivity contribution in [1.29, 1.82) is 0 Å². The average Bonchev–Trinajstić information content (AvgIpc) is 2.28. The Morgan fingerprint density at radius 1 is 1.24 bits per heavy atom. The maximum Gasteiger partial charge on any atom is 0.416 e. The molecular weight excluding hydrogens is 295 g/mol. The highest BCUT2D eigenvalue weighted by molar-refractivity contribution is 9.09. The SMILES string of the molecule is CCC(Br)CCNc1ccc(C(F)(F)F)cc1. The number of anilines is 1. The van der Waals surface area contributed by atoms with Gasteiger partial charge in [0, 0.05) is 17.1 Å². The van der Waals surface area contributed by atoms with Crippen LogP contribution in [0.3, 0.4) is 0 Å². The lowest BCUT2D eigenvalue weighted by Gasteiger charge is -2.11. The zero-order valence-electron chi connectivity index (χ0n) is 9.52. The van der Waals surface area contributed by atoms with Gasteiger partial charge in [0.25, 0.3) is 0 Å². The van der Waals surface area contributed by atoms with Gasteiger partial charge in [0.2, 0.25) is 0 Å². The van der Waals surface area contributed by atoms with E-state index < -0.39 is 11.7 Å². The molecule has 1 nitrogen and oxygen atoms in total. The van der Waals surface area contributed by atoms with Gasteiger partial charge in [-0.1, -0.05) is 22.9 Å². The number of hydrogen-bond donors (Lipinski definition) is 1. The van der Waals surface area contributed by atoms with Crippen LogP contribution in [0.15, 0.2) is 24.3 Å². The number of halogens is 4. The van der Waals surface area contributed by atoms with Crippen molar-refractivity contribution in [2.75, 3.05) is 11.9 Å². The smallest absolute Gasteiger partial charge is 0.385 e. The summed E-state index contributed by atoms with van der Waals surface area (Å²) < 4.78 is 36.9. The lowest BCUT2D eigenvalue weighted by atomic mass is 10.2. The highest BCUT2D eigenvalue weighted by Crippen LogP contribution is 2.29. The predicted molar refractivity (Wildman–Crippen MR) is 67.6 cm³/mol. The van der Waals surface area contributed by atoms with Gasteiger partial charge < -0.3 is 5.32 Å². The molecule has 96 valence electrons. The third-order valence-electron chi connectivity index (χ3n) is 2.44. The summed E-state index contributed by atoms with van der Waals surface area (Å²) in [6.07, 6.45) is -2.28. The van der Waals surface area contributed by atoms with E-state index in [1.54, 1.807) is 0 Å². The first-order valence-electron chi connectivity index (χ1n) is 5.48. The molecule has 0 fully saturated rings. The fraction of sp³-hybridized carbons (Fsp3) is 0.500. The first kappa shape index (κ1) is 14.4. The van der Waals surface area contributed by atoms with E-state index >= 15 is 0 Å². The number of nitrogens with one attached hydrogen (secondary N) is 1. The monoisotopic (exact) mass is 309 g/mol. The molecule has 0 aliphatic heterocycles. The van der Waals surface area contributed by atoms with Crippen LogP contribution in [0.5, 0.6) is 0 Å². The molecule has 0 radical (unpaired) electrons. The topological polar surface area (TPSA) is 12.0 Å². The summed E-state index contributed by atoms with van der Waals surface area (Å²) in [6, 6.07) is 5.09. The second-order valence-corrected chi connectivity index (χ2v) is 5.09. The quantitative estimate of drug-likeness (QED) is 0.779. The van der Waals surface area contributed by atoms with Crippen LogP contribution in [0, 0.1) is 0 Å². The van der Waals surface area contributed by atoms with Crippen LogP contribution in [0.4, 0.5) is 18.9 Å². The molecule has 1 rings (SSSR count). The van der Waals surface area contributed by atoms with Crippen molar-refractivity contribution in [3.63, 3.8) is 0 Å². The van der Waals surface area contributed by atoms with Gasteiger partial charge in [-0.3, -0.25) is 0 Å². The van der Waals surface area contributed by atoms with E-state index in [0.717, 1.165) is 31.5 Å². The van der Waals surface area contributed by atoms with E-state index in [1.807, 2.05) is 0 Å². The van der Waals surface area contributed by atoms with E-state index in [1.165, 1.54) is 12.1 Å². The summed E-state index contributed by atoms with van der Waals surface area (Å²) in [5.74, 6) is 0. The number of benzene rings is 1. The van der Waals surface area contributed by atoms with E-state index in [4.69, 9.17) is 0 Å². The largest absolute Gasteiger partial charge is 0.416 e. The molecule has 1 aromatic rings. The van der Waals surface area contributed by atoms with Gasteiger partial charge in [0.1, 0.15) is 0 Å². The standard InChI is InChI=1S/C12H15BrF3N/c1-2-10(13)7-8-17-11-5-3-9(4-6-11)12(14,15)16/h3-6,10,17H,2,7-8H2,1H3. The molecule has 0 spiro atoms. The Bertz CT molecular complexity index is 335. The molecule has 0 aliphatic rings. The maximum absolute atomic E-state index is 12.3. The van der Waals surface area contributed by atoms with E-state index in [-0.39, 0.29) is 0 Å². The second kappa shape index (κ2) is 6.28. The number of rotatable bonds is 5. The molecule has 0 aromatic heterocycles. The van der Waals surface area contributed by atoms with Crippen LogP contribution in [-0.4, -0.2) is 11.4 Å². The fourth-order valence-corrected chi connectivity index (χ4v) is 1.58. The Morgan fingerprint density at radius 2 is 1.82 bits per heavy atom. The molecule has 1 unspecified atom stereocenters. The molecule has 5 heteroatoms. The van der Waals surface area contributed by atoms with Crippen LogP contribution in [-0.2, 0) is 6.18 Å². The lowest BCUT2D eigenvalue weighted by Crippen LogP contribution is -2.08. The summed E-state index contributed by atoms with van der Waals surface area (Å²) in [5.41, 5.74) is 0.101. The molecular formula is C12H15BrF3N. The molecule has 0 aliphatic carbocycles. The normalized spacial score (nSPS) is 13.5. The Labute approximate surface area is 108 Å². The van der Waals surface area contributed by atoms with Gasteiger partial charge in [0.05, 0.1) is 5.56 Å². The van der Waals surface area contributed by atoms with Crippen LogP contribution < -0.4 is 5.32 Å². The van der Waals surface area contributed by atoms with E-state index in [2.05, 4.69) is 28.2 Å². The average molecular weight is 310 g/mol. The fourth-order valence-electron chi connectivity index (χ4n) is 1.35. The Balaban J connectivity index is 2.46. The Hall–Kier alpha value is -0.710. The molecule has 1 N–H and O–H groups in total. The van der Waals surface area contributed by atoms with Gasteiger partial charge in [-0.2, -0.15) is 13.2 Å². The van der Waals surface area contributed by atoms with Crippen LogP contribution in [0.2, 0.25) is 0 Å². The molecule has 0 heterocycles. The maximum atomic E-state index is 12.3. The van der Waals surface area contributed by atoms with Gasteiger partial charge in [-0.15, -0.1) is 0 Å². The minimum absolute atomic E-state index is 0.449. The Kier molecular flexibility index (Phi) is 5.31. The molecule has 17 heavy (non-hydrogen) atoms. The highest BCUT2D eigenvalue weighted by atomic mass is 79.9. The van der Waals surface area contributed by atoms with Crippen molar-refractivity contribution in [3.8, 4) is 0 Å². The van der Waals surface area contributed by atoms with Crippen molar-refractivity contribution in [1.82, 2.24) is 0 Å². The Morgan fingerprint density at radius 3 is 2.29 bits per heavy atom. The first-order chi connectivity index (χ1) is 7.93. The number of alkyl halides is 4. The van der Waals surface area contributed by atoms with Crippen LogP contribution in [0.1, 0.15) is 25.3 Å². The van der Waals surface area contributed by atoms with Gasteiger partial charge in [-0.05, 0) is 37.1 Å². The van der Waals surface area contributed by atoms with E-state index in [9.17, 15) is 13.2 Å². The van der Waals surface area contributed by atoms with Crippen molar-refractivity contribution in [2.24, 2.45) is 0 Å². The van der Waals surface area contributed by atoms with Crippen molar-refractivity contribution >= 4 is 21.6 Å². The second-order valence-electron chi connectivity index (χ2n) is 3.80. The number of hydrogen-bond acceptors (Lipinski definition) is 1. The molecule has 0 bridgehead atoms. The third-order valence-corrected chi connectivity index (χ3v) is 3.55. The van der Waals surface area contributed by atoms with Crippen molar-refractivity contribution in [3.05, 3.63) is 29.8 Å². The summed E-state index contributed by atoms with van der Waals surface area (Å²) in [7, 11) is 0. The minimum atomic E-state index is -4.26. The predicted octanol–water partition coefficient (Wildman–Crippen LogP) is 4.68. The summed E-state index contributed by atoms with van der Waals surface area (Å²) >= 11 is 3.50. The molecule has 0 saturated carbocycles. The highest BCUT2D eigenvalue weighted by Gasteiger charge is 2.29. The summed E-state index contributed by atoms with van der Waals surface area (Å²) in [5, 5.41) is 3.09. The van der Waals surface area contributed by atoms with Gasteiger partial charge >= 0.3 is 6.18 Å². The van der Waals surface area contributed by atoms with Crippen molar-refractivity contribution in [2.45, 2.75) is 30.8 Å². The zero-order chi connectivity index (χ0) is 12.9. The molecule has 1 aromatic carbocycles. The minimum Gasteiger partial charge on any atom is -0.385 e. The molecule has 0 saturated heterocycles. The van der Waals surface area contributed by atoms with Gasteiger partial charge in [0.15, 0.2) is 0 Å². The molecule has 1 atom stereocenters.